The molecule has 2 N–H and O–H groups in total. The third kappa shape index (κ3) is 3.77. The van der Waals surface area contributed by atoms with Crippen LogP contribution in [-0.2, 0) is 0 Å². The van der Waals surface area contributed by atoms with Crippen molar-refractivity contribution in [1.82, 2.24) is 10.2 Å². The summed E-state index contributed by atoms with van der Waals surface area (Å²) in [6.45, 7) is 0.426. The van der Waals surface area contributed by atoms with Gasteiger partial charge in [0.15, 0.2) is 5.76 Å². The van der Waals surface area contributed by atoms with Crippen molar-refractivity contribution < 1.29 is 14.3 Å². The number of hydrogen-bond donors (Lipinski definition) is 2. The largest absolute Gasteiger partial charge is 0.507 e. The van der Waals surface area contributed by atoms with E-state index in [1.807, 2.05) is 48.6 Å². The highest BCUT2D eigenvalue weighted by molar-refractivity contribution is 5.82. The molecule has 0 aliphatic heterocycles. The van der Waals surface area contributed by atoms with Crippen LogP contribution in [0.3, 0.4) is 0 Å². The molecule has 4 rings (SSSR count). The Hall–Kier alpha value is -3.73. The normalized spacial score (nSPS) is 11.1. The molecule has 0 saturated heterocycles. The van der Waals surface area contributed by atoms with Crippen molar-refractivity contribution >= 4 is 6.08 Å². The minimum atomic E-state index is 0.149. The fourth-order valence-electron chi connectivity index (χ4n) is 2.81. The summed E-state index contributed by atoms with van der Waals surface area (Å²) in [7, 11) is 0. The molecule has 5 nitrogen and oxygen atoms in total. The molecule has 2 aromatic heterocycles. The van der Waals surface area contributed by atoms with Crippen LogP contribution in [0.15, 0.2) is 83.6 Å². The van der Waals surface area contributed by atoms with E-state index in [0.717, 1.165) is 11.1 Å². The highest BCUT2D eigenvalue weighted by Gasteiger charge is 2.15. The molecule has 0 aliphatic carbocycles. The summed E-state index contributed by atoms with van der Waals surface area (Å²) in [6, 6.07) is 18.8. The lowest BCUT2D eigenvalue weighted by atomic mass is 10.0. The molecule has 0 aliphatic rings. The maximum absolute atomic E-state index is 10.3. The van der Waals surface area contributed by atoms with E-state index < -0.39 is 0 Å². The second-order valence-electron chi connectivity index (χ2n) is 5.94. The first-order valence-corrected chi connectivity index (χ1v) is 8.56. The average Bonchev–Trinajstić information content (AvgIpc) is 3.38. The number of phenolic OH excluding ortho intramolecular Hbond substituents is 1. The number of aromatic hydroxyl groups is 1. The van der Waals surface area contributed by atoms with Gasteiger partial charge < -0.3 is 14.3 Å². The Labute approximate surface area is 156 Å². The number of ether oxygens (including phenoxy) is 1. The van der Waals surface area contributed by atoms with Gasteiger partial charge in [-0.2, -0.15) is 5.10 Å². The van der Waals surface area contributed by atoms with Crippen molar-refractivity contribution in [1.29, 1.82) is 0 Å². The lowest BCUT2D eigenvalue weighted by Crippen LogP contribution is -1.93. The van der Waals surface area contributed by atoms with E-state index >= 15 is 0 Å². The van der Waals surface area contributed by atoms with Gasteiger partial charge in [-0.3, -0.25) is 5.10 Å². The number of phenols is 1. The van der Waals surface area contributed by atoms with Crippen molar-refractivity contribution in [3.05, 3.63) is 84.8 Å². The summed E-state index contributed by atoms with van der Waals surface area (Å²) in [5.41, 5.74) is 3.19. The Morgan fingerprint density at radius 3 is 2.74 bits per heavy atom. The Kier molecular flexibility index (Phi) is 4.74. The Balaban J connectivity index is 1.53. The van der Waals surface area contributed by atoms with Crippen molar-refractivity contribution in [2.24, 2.45) is 0 Å². The van der Waals surface area contributed by atoms with Crippen molar-refractivity contribution in [2.75, 3.05) is 6.61 Å². The summed E-state index contributed by atoms with van der Waals surface area (Å²) in [6.07, 6.45) is 7.21. The summed E-state index contributed by atoms with van der Waals surface area (Å²) >= 11 is 0. The number of aromatic nitrogens is 2. The molecule has 0 atom stereocenters. The minimum absolute atomic E-state index is 0.149. The predicted molar refractivity (Wildman–Crippen MR) is 104 cm³/mol. The number of rotatable bonds is 6. The third-order valence-corrected chi connectivity index (χ3v) is 4.12. The molecule has 0 unspecified atom stereocenters. The first-order valence-electron chi connectivity index (χ1n) is 8.56. The number of furan rings is 1. The van der Waals surface area contributed by atoms with Crippen LogP contribution in [0, 0.1) is 0 Å². The van der Waals surface area contributed by atoms with Crippen LogP contribution in [0.2, 0.25) is 0 Å². The molecule has 2 aromatic carbocycles. The van der Waals surface area contributed by atoms with Crippen LogP contribution in [-0.4, -0.2) is 21.9 Å². The maximum Gasteiger partial charge on any atom is 0.152 e. The van der Waals surface area contributed by atoms with Gasteiger partial charge in [0.05, 0.1) is 12.5 Å². The van der Waals surface area contributed by atoms with Crippen LogP contribution in [0.25, 0.3) is 28.7 Å². The zero-order chi connectivity index (χ0) is 18.5. The van der Waals surface area contributed by atoms with Crippen molar-refractivity contribution in [2.45, 2.75) is 0 Å². The van der Waals surface area contributed by atoms with Crippen molar-refractivity contribution in [3.8, 4) is 34.1 Å². The van der Waals surface area contributed by atoms with Gasteiger partial charge in [-0.25, -0.2) is 0 Å². The van der Waals surface area contributed by atoms with Gasteiger partial charge in [0.2, 0.25) is 0 Å². The van der Waals surface area contributed by atoms with Gasteiger partial charge in [0.25, 0.3) is 0 Å². The first kappa shape index (κ1) is 16.7. The van der Waals surface area contributed by atoms with E-state index in [2.05, 4.69) is 10.2 Å². The van der Waals surface area contributed by atoms with Gasteiger partial charge in [0, 0.05) is 11.1 Å². The SMILES string of the molecule is Oc1ccc(OCC=Cc2ccccc2)cc1-c1cn[nH]c1-c1ccco1. The Bertz CT molecular complexity index is 1030. The highest BCUT2D eigenvalue weighted by Crippen LogP contribution is 2.37. The van der Waals surface area contributed by atoms with E-state index in [-0.39, 0.29) is 5.75 Å². The van der Waals surface area contributed by atoms with Crippen LogP contribution in [0.5, 0.6) is 11.5 Å². The van der Waals surface area contributed by atoms with E-state index in [1.165, 1.54) is 0 Å². The van der Waals surface area contributed by atoms with Crippen LogP contribution >= 0.6 is 0 Å². The molecule has 0 bridgehead atoms. The molecule has 2 heterocycles. The van der Waals surface area contributed by atoms with E-state index in [9.17, 15) is 5.11 Å². The third-order valence-electron chi connectivity index (χ3n) is 4.12. The molecule has 27 heavy (non-hydrogen) atoms. The molecule has 134 valence electrons. The average molecular weight is 358 g/mol. The summed E-state index contributed by atoms with van der Waals surface area (Å²) in [4.78, 5) is 0. The fourth-order valence-corrected chi connectivity index (χ4v) is 2.81. The lowest BCUT2D eigenvalue weighted by molar-refractivity contribution is 0.363. The first-order chi connectivity index (χ1) is 13.3. The zero-order valence-corrected chi connectivity index (χ0v) is 14.5. The summed E-state index contributed by atoms with van der Waals surface area (Å²) in [5, 5.41) is 17.3. The van der Waals surface area contributed by atoms with Gasteiger partial charge in [-0.15, -0.1) is 0 Å². The topological polar surface area (TPSA) is 71.3 Å². The number of nitrogens with one attached hydrogen (secondary N) is 1. The molecule has 0 fully saturated rings. The van der Waals surface area contributed by atoms with Crippen LogP contribution < -0.4 is 4.74 Å². The Morgan fingerprint density at radius 1 is 1.04 bits per heavy atom. The van der Waals surface area contributed by atoms with Crippen LogP contribution in [0.4, 0.5) is 0 Å². The standard InChI is InChI=1S/C22H18N2O3/c25-20-11-10-17(26-12-4-8-16-6-2-1-3-7-16)14-18(20)19-15-23-24-22(19)21-9-5-13-27-21/h1-11,13-15,25H,12H2,(H,23,24). The van der Waals surface area contributed by atoms with Gasteiger partial charge in [0.1, 0.15) is 23.8 Å². The molecular weight excluding hydrogens is 340 g/mol. The monoisotopic (exact) mass is 358 g/mol. The molecule has 0 saturated carbocycles. The summed E-state index contributed by atoms with van der Waals surface area (Å²) < 4.78 is 11.2. The number of hydrogen-bond acceptors (Lipinski definition) is 4. The summed E-state index contributed by atoms with van der Waals surface area (Å²) in [5.74, 6) is 1.46. The Morgan fingerprint density at radius 2 is 1.93 bits per heavy atom. The quantitative estimate of drug-likeness (QED) is 0.501. The predicted octanol–water partition coefficient (Wildman–Crippen LogP) is 5.13. The second-order valence-corrected chi connectivity index (χ2v) is 5.94. The van der Waals surface area contributed by atoms with Gasteiger partial charge in [-0.05, 0) is 42.0 Å². The zero-order valence-electron chi connectivity index (χ0n) is 14.5. The van der Waals surface area contributed by atoms with Crippen LogP contribution in [0.1, 0.15) is 5.56 Å². The van der Waals surface area contributed by atoms with E-state index in [1.54, 1.807) is 36.7 Å². The molecule has 0 amide bonds. The molecule has 0 radical (unpaired) electrons. The fraction of sp³-hybridized carbons (Fsp3) is 0.0455. The molecule has 4 aromatic rings. The minimum Gasteiger partial charge on any atom is -0.507 e. The number of aromatic amines is 1. The number of H-pyrrole nitrogens is 1. The van der Waals surface area contributed by atoms with E-state index in [0.29, 0.717) is 29.4 Å². The highest BCUT2D eigenvalue weighted by atomic mass is 16.5. The smallest absolute Gasteiger partial charge is 0.152 e. The van der Waals surface area contributed by atoms with E-state index in [4.69, 9.17) is 9.15 Å². The molecule has 0 spiro atoms. The van der Waals surface area contributed by atoms with Gasteiger partial charge in [-0.1, -0.05) is 36.4 Å². The maximum atomic E-state index is 10.3. The van der Waals surface area contributed by atoms with Crippen molar-refractivity contribution in [3.63, 3.8) is 0 Å². The second kappa shape index (κ2) is 7.66. The lowest BCUT2D eigenvalue weighted by Gasteiger charge is -2.08. The molecular formula is C22H18N2O3. The van der Waals surface area contributed by atoms with Gasteiger partial charge >= 0.3 is 0 Å². The number of nitrogens with zero attached hydrogens (tertiary/aromatic N) is 1. The number of benzene rings is 2. The molecule has 5 heteroatoms.